The summed E-state index contributed by atoms with van der Waals surface area (Å²) in [6.07, 6.45) is 2.15. The lowest BCUT2D eigenvalue weighted by molar-refractivity contribution is -0.646. The fraction of sp³-hybridized carbons (Fsp3) is 0.118. The zero-order chi connectivity index (χ0) is 18.9. The third-order valence-electron chi connectivity index (χ3n) is 3.75. The molecular weight excluding hydrogens is 396 g/mol. The molecule has 1 aliphatic heterocycles. The molecule has 0 amide bonds. The van der Waals surface area contributed by atoms with Gasteiger partial charge in [0.05, 0.1) is 33.8 Å². The Kier molecular flexibility index (Phi) is 5.40. The van der Waals surface area contributed by atoms with E-state index >= 15 is 0 Å². The lowest BCUT2D eigenvalue weighted by atomic mass is 10.1. The van der Waals surface area contributed by atoms with Crippen molar-refractivity contribution in [2.45, 2.75) is 9.79 Å². The monoisotopic (exact) mass is 410 g/mol. The average molecular weight is 411 g/mol. The van der Waals surface area contributed by atoms with Crippen LogP contribution in [0.15, 0.2) is 58.5 Å². The Balaban J connectivity index is 0.000000286. The summed E-state index contributed by atoms with van der Waals surface area (Å²) in [5, 5.41) is 5.55. The molecule has 4 rings (SSSR count). The second-order valence-electron chi connectivity index (χ2n) is 5.41. The highest BCUT2D eigenvalue weighted by Crippen LogP contribution is 2.48. The molecule has 1 N–H and O–H groups in total. The van der Waals surface area contributed by atoms with E-state index in [0.717, 1.165) is 22.7 Å². The van der Waals surface area contributed by atoms with E-state index in [1.54, 1.807) is 11.8 Å². The van der Waals surface area contributed by atoms with Crippen molar-refractivity contribution in [1.29, 1.82) is 0 Å². The summed E-state index contributed by atoms with van der Waals surface area (Å²) in [7, 11) is -1.53. The van der Waals surface area contributed by atoms with Crippen molar-refractivity contribution in [3.05, 3.63) is 53.7 Å². The molecule has 0 radical (unpaired) electrons. The van der Waals surface area contributed by atoms with Gasteiger partial charge in [-0.2, -0.15) is 4.57 Å². The van der Waals surface area contributed by atoms with Crippen molar-refractivity contribution in [3.8, 4) is 0 Å². The predicted octanol–water partition coefficient (Wildman–Crippen LogP) is 3.62. The van der Waals surface area contributed by atoms with Gasteiger partial charge in [0.1, 0.15) is 11.9 Å². The number of halogens is 1. The van der Waals surface area contributed by atoms with Crippen LogP contribution >= 0.6 is 23.4 Å². The maximum atomic E-state index is 9.22. The molecule has 2 aromatic carbocycles. The van der Waals surface area contributed by atoms with Crippen molar-refractivity contribution in [2.75, 3.05) is 12.4 Å². The zero-order valence-corrected chi connectivity index (χ0v) is 16.3. The molecule has 1 aliphatic rings. The first-order valence-electron chi connectivity index (χ1n) is 7.46. The lowest BCUT2D eigenvalue weighted by Gasteiger charge is -2.21. The molecule has 1 aromatic heterocycles. The highest BCUT2D eigenvalue weighted by Gasteiger charge is 2.23. The van der Waals surface area contributed by atoms with Crippen LogP contribution in [-0.4, -0.2) is 20.1 Å². The topological polar surface area (TPSA) is 82.3 Å². The van der Waals surface area contributed by atoms with Crippen LogP contribution in [0.2, 0.25) is 5.02 Å². The standard InChI is InChI=1S/C16H11ClN2S.CH4O4S/c1-19-9-14-15(10-5-2-3-8-13(10)19)18-12-7-4-6-11(17)16(12)20-14;1-5-6(2,3)4/h2-9H,1H3;1H3,(H,2,3,4). The van der Waals surface area contributed by atoms with Crippen LogP contribution in [-0.2, 0) is 21.6 Å². The maximum absolute atomic E-state index is 9.22. The van der Waals surface area contributed by atoms with Gasteiger partial charge in [-0.15, -0.1) is 0 Å². The van der Waals surface area contributed by atoms with E-state index in [1.807, 2.05) is 12.1 Å². The Morgan fingerprint density at radius 1 is 1.19 bits per heavy atom. The summed E-state index contributed by atoms with van der Waals surface area (Å²) in [4.78, 5) is 2.30. The minimum Gasteiger partial charge on any atom is -0.726 e. The number of nitrogens with one attached hydrogen (secondary N) is 1. The van der Waals surface area contributed by atoms with Crippen LogP contribution in [0.1, 0.15) is 0 Å². The Morgan fingerprint density at radius 2 is 1.88 bits per heavy atom. The first-order chi connectivity index (χ1) is 12.3. The van der Waals surface area contributed by atoms with Crippen LogP contribution in [0.4, 0.5) is 11.4 Å². The van der Waals surface area contributed by atoms with Gasteiger partial charge in [0.2, 0.25) is 15.9 Å². The summed E-state index contributed by atoms with van der Waals surface area (Å²) < 4.78 is 33.2. The van der Waals surface area contributed by atoms with E-state index in [2.05, 4.69) is 57.6 Å². The van der Waals surface area contributed by atoms with Crippen LogP contribution in [0.3, 0.4) is 0 Å². The Morgan fingerprint density at radius 3 is 2.58 bits per heavy atom. The molecule has 0 fully saturated rings. The molecule has 0 unspecified atom stereocenters. The fourth-order valence-corrected chi connectivity index (χ4v) is 3.98. The summed E-state index contributed by atoms with van der Waals surface area (Å²) in [5.41, 5.74) is 3.46. The van der Waals surface area contributed by atoms with Crippen molar-refractivity contribution in [3.63, 3.8) is 0 Å². The van der Waals surface area contributed by atoms with Gasteiger partial charge in [-0.05, 0) is 18.2 Å². The second-order valence-corrected chi connectivity index (χ2v) is 8.02. The largest absolute Gasteiger partial charge is 0.726 e. The number of benzene rings is 2. The fourth-order valence-electron chi connectivity index (χ4n) is 2.60. The number of aryl methyl sites for hydroxylation is 1. The van der Waals surface area contributed by atoms with Gasteiger partial charge in [0.25, 0.3) is 0 Å². The quantitative estimate of drug-likeness (QED) is 0.293. The number of para-hydroxylation sites is 1. The number of anilines is 2. The number of aromatic nitrogens is 1. The van der Waals surface area contributed by atoms with E-state index in [-0.39, 0.29) is 0 Å². The molecule has 0 spiro atoms. The van der Waals surface area contributed by atoms with Crippen molar-refractivity contribution >= 4 is 56.0 Å². The third-order valence-corrected chi connectivity index (χ3v) is 5.76. The minimum absolute atomic E-state index is 0.793. The maximum Gasteiger partial charge on any atom is 0.217 e. The molecule has 0 aliphatic carbocycles. The van der Waals surface area contributed by atoms with Crippen LogP contribution in [0.5, 0.6) is 0 Å². The van der Waals surface area contributed by atoms with Gasteiger partial charge in [-0.25, -0.2) is 8.42 Å². The molecule has 0 atom stereocenters. The normalized spacial score (nSPS) is 12.5. The minimum atomic E-state index is -4.41. The number of pyridine rings is 1. The van der Waals surface area contributed by atoms with Crippen LogP contribution in [0, 0.1) is 0 Å². The first-order valence-corrected chi connectivity index (χ1v) is 9.99. The Hall–Kier alpha value is -1.84. The summed E-state index contributed by atoms with van der Waals surface area (Å²) >= 11 is 8.02. The zero-order valence-electron chi connectivity index (χ0n) is 13.9. The second kappa shape index (κ2) is 7.42. The molecule has 136 valence electrons. The number of fused-ring (bicyclic) bond motifs is 4. The van der Waals surface area contributed by atoms with Gasteiger partial charge in [0, 0.05) is 6.07 Å². The van der Waals surface area contributed by atoms with Gasteiger partial charge in [0.15, 0.2) is 6.20 Å². The van der Waals surface area contributed by atoms with Crippen LogP contribution < -0.4 is 9.88 Å². The Labute approximate surface area is 160 Å². The molecule has 0 bridgehead atoms. The first kappa shape index (κ1) is 18.9. The van der Waals surface area contributed by atoms with Crippen LogP contribution in [0.25, 0.3) is 10.9 Å². The molecule has 2 heterocycles. The summed E-state index contributed by atoms with van der Waals surface area (Å²) in [6, 6.07) is 14.4. The highest BCUT2D eigenvalue weighted by molar-refractivity contribution is 7.99. The molecule has 26 heavy (non-hydrogen) atoms. The molecule has 0 saturated heterocycles. The average Bonchev–Trinajstić information content (AvgIpc) is 2.61. The highest BCUT2D eigenvalue weighted by atomic mass is 35.5. The lowest BCUT2D eigenvalue weighted by Crippen LogP contribution is -2.29. The van der Waals surface area contributed by atoms with Gasteiger partial charge in [-0.3, -0.25) is 4.18 Å². The molecular formula is C17H15ClN2O4S2. The van der Waals surface area contributed by atoms with Gasteiger partial charge < -0.3 is 9.87 Å². The predicted molar refractivity (Wildman–Crippen MR) is 101 cm³/mol. The molecule has 6 nitrogen and oxygen atoms in total. The van der Waals surface area contributed by atoms with Gasteiger partial charge in [-0.1, -0.05) is 41.6 Å². The number of nitrogens with zero attached hydrogens (tertiary/aromatic N) is 1. The van der Waals surface area contributed by atoms with Gasteiger partial charge >= 0.3 is 0 Å². The van der Waals surface area contributed by atoms with Crippen molar-refractivity contribution in [1.82, 2.24) is 0 Å². The summed E-state index contributed by atoms with van der Waals surface area (Å²) in [5.74, 6) is 0. The van der Waals surface area contributed by atoms with E-state index in [1.165, 1.54) is 21.5 Å². The smallest absolute Gasteiger partial charge is 0.217 e. The van der Waals surface area contributed by atoms with Crippen molar-refractivity contribution in [2.24, 2.45) is 7.05 Å². The Bertz CT molecular complexity index is 1090. The van der Waals surface area contributed by atoms with E-state index in [4.69, 9.17) is 11.6 Å². The molecule has 0 saturated carbocycles. The summed E-state index contributed by atoms with van der Waals surface area (Å²) in [6.45, 7) is 0. The molecule has 9 heteroatoms. The SMILES string of the molecule is COS(=O)(=O)[O-].C[n+]1cc2c(c3ccccc31)Nc1cccc(Cl)c1S2. The van der Waals surface area contributed by atoms with E-state index in [0.29, 0.717) is 0 Å². The number of hydrogen-bond donors (Lipinski definition) is 1. The van der Waals surface area contributed by atoms with E-state index < -0.39 is 10.4 Å². The third kappa shape index (κ3) is 3.94. The molecule has 3 aromatic rings. The number of rotatable bonds is 1. The van der Waals surface area contributed by atoms with E-state index in [9.17, 15) is 13.0 Å². The number of hydrogen-bond acceptors (Lipinski definition) is 6. The van der Waals surface area contributed by atoms with Crippen molar-refractivity contribution < 1.29 is 21.7 Å².